The van der Waals surface area contributed by atoms with Crippen LogP contribution in [0.15, 0.2) is 0 Å². The minimum Gasteiger partial charge on any atom is -0.394 e. The fraction of sp³-hybridized carbons (Fsp3) is 0.750. The number of aliphatic hydroxyl groups excluding tert-OH is 2. The summed E-state index contributed by atoms with van der Waals surface area (Å²) in [6.07, 6.45) is -0.102. The highest BCUT2D eigenvalue weighted by Crippen LogP contribution is 2.18. The summed E-state index contributed by atoms with van der Waals surface area (Å²) in [6, 6.07) is -3.17. The van der Waals surface area contributed by atoms with Crippen molar-refractivity contribution in [1.29, 1.82) is 0 Å². The zero-order valence-corrected chi connectivity index (χ0v) is 11.9. The molecule has 0 spiro atoms. The fourth-order valence-electron chi connectivity index (χ4n) is 2.24. The van der Waals surface area contributed by atoms with E-state index >= 15 is 0 Å². The van der Waals surface area contributed by atoms with Crippen molar-refractivity contribution in [3.05, 3.63) is 0 Å². The van der Waals surface area contributed by atoms with Gasteiger partial charge < -0.3 is 31.9 Å². The lowest BCUT2D eigenvalue weighted by Gasteiger charge is -2.29. The van der Waals surface area contributed by atoms with E-state index in [2.05, 4.69) is 5.32 Å². The van der Waals surface area contributed by atoms with Gasteiger partial charge in [-0.1, -0.05) is 0 Å². The Balaban J connectivity index is 2.83. The van der Waals surface area contributed by atoms with Crippen LogP contribution in [0.25, 0.3) is 0 Å². The molecule has 0 radical (unpaired) electrons. The Morgan fingerprint density at radius 3 is 2.52 bits per heavy atom. The first-order valence-electron chi connectivity index (χ1n) is 6.74. The van der Waals surface area contributed by atoms with Gasteiger partial charge in [0, 0.05) is 6.54 Å². The van der Waals surface area contributed by atoms with E-state index in [9.17, 15) is 19.5 Å². The number of carbonyl (C=O) groups excluding carboxylic acids is 3. The number of rotatable bonds is 6. The van der Waals surface area contributed by atoms with Crippen LogP contribution in [-0.4, -0.2) is 70.2 Å². The third kappa shape index (κ3) is 4.13. The van der Waals surface area contributed by atoms with Crippen LogP contribution in [-0.2, 0) is 14.4 Å². The molecule has 4 atom stereocenters. The number of amides is 3. The molecule has 120 valence electrons. The quantitative estimate of drug-likeness (QED) is 0.345. The highest BCUT2D eigenvalue weighted by molar-refractivity contribution is 5.93. The standard InChI is InChI=1S/C12H22N4O5/c1-6(18)9(15-11(20)7(13)5-17)12(21)16-4-2-3-8(16)10(14)19/h6-9,17-18H,2-5,13H2,1H3,(H2,14,19)(H,15,20). The average Bonchev–Trinajstić information content (AvgIpc) is 2.91. The number of nitrogens with zero attached hydrogens (tertiary/aromatic N) is 1. The van der Waals surface area contributed by atoms with Crippen LogP contribution in [0.2, 0.25) is 0 Å². The summed E-state index contributed by atoms with van der Waals surface area (Å²) in [5.74, 6) is -1.97. The van der Waals surface area contributed by atoms with Crippen molar-refractivity contribution in [2.45, 2.75) is 44.0 Å². The summed E-state index contributed by atoms with van der Waals surface area (Å²) in [4.78, 5) is 36.6. The van der Waals surface area contributed by atoms with E-state index in [-0.39, 0.29) is 0 Å². The minimum atomic E-state index is -1.24. The largest absolute Gasteiger partial charge is 0.394 e. The van der Waals surface area contributed by atoms with Crippen LogP contribution in [0.5, 0.6) is 0 Å². The first-order chi connectivity index (χ1) is 9.79. The molecule has 21 heavy (non-hydrogen) atoms. The lowest BCUT2D eigenvalue weighted by Crippen LogP contribution is -2.59. The fourth-order valence-corrected chi connectivity index (χ4v) is 2.24. The second kappa shape index (κ2) is 7.34. The van der Waals surface area contributed by atoms with E-state index in [1.54, 1.807) is 0 Å². The number of hydrogen-bond acceptors (Lipinski definition) is 6. The molecule has 1 fully saturated rings. The van der Waals surface area contributed by atoms with Crippen molar-refractivity contribution < 1.29 is 24.6 Å². The average molecular weight is 302 g/mol. The van der Waals surface area contributed by atoms with Crippen LogP contribution in [0.3, 0.4) is 0 Å². The van der Waals surface area contributed by atoms with Crippen molar-refractivity contribution in [3.63, 3.8) is 0 Å². The van der Waals surface area contributed by atoms with Gasteiger partial charge in [0.25, 0.3) is 0 Å². The zero-order valence-electron chi connectivity index (χ0n) is 11.9. The van der Waals surface area contributed by atoms with Gasteiger partial charge >= 0.3 is 0 Å². The van der Waals surface area contributed by atoms with Crippen LogP contribution in [0.4, 0.5) is 0 Å². The Morgan fingerprint density at radius 1 is 1.43 bits per heavy atom. The summed E-state index contributed by atoms with van der Waals surface area (Å²) in [5, 5.41) is 20.8. The number of nitrogens with two attached hydrogens (primary N) is 2. The molecule has 3 amide bonds. The van der Waals surface area contributed by atoms with Gasteiger partial charge in [-0.15, -0.1) is 0 Å². The van der Waals surface area contributed by atoms with E-state index in [0.717, 1.165) is 0 Å². The topological polar surface area (TPSA) is 159 Å². The third-order valence-corrected chi connectivity index (χ3v) is 3.44. The molecule has 0 aromatic heterocycles. The predicted molar refractivity (Wildman–Crippen MR) is 72.6 cm³/mol. The minimum absolute atomic E-state index is 0.331. The van der Waals surface area contributed by atoms with Gasteiger partial charge in [0.15, 0.2) is 0 Å². The maximum Gasteiger partial charge on any atom is 0.248 e. The predicted octanol–water partition coefficient (Wildman–Crippen LogP) is -3.35. The molecule has 1 aliphatic rings. The monoisotopic (exact) mass is 302 g/mol. The molecule has 9 nitrogen and oxygen atoms in total. The summed E-state index contributed by atoms with van der Waals surface area (Å²) >= 11 is 0. The molecule has 1 saturated heterocycles. The Bertz CT molecular complexity index is 414. The molecule has 1 aliphatic heterocycles. The Labute approximate surface area is 122 Å². The van der Waals surface area contributed by atoms with Gasteiger partial charge in [0.1, 0.15) is 18.1 Å². The number of primary amides is 1. The van der Waals surface area contributed by atoms with E-state index in [1.807, 2.05) is 0 Å². The molecule has 0 saturated carbocycles. The first-order valence-corrected chi connectivity index (χ1v) is 6.74. The molecule has 0 aromatic rings. The molecule has 0 aliphatic carbocycles. The Hall–Kier alpha value is -1.71. The maximum atomic E-state index is 12.4. The number of carbonyl (C=O) groups is 3. The third-order valence-electron chi connectivity index (χ3n) is 3.44. The maximum absolute atomic E-state index is 12.4. The van der Waals surface area contributed by atoms with Crippen LogP contribution in [0.1, 0.15) is 19.8 Å². The SMILES string of the molecule is CC(O)C(NC(=O)C(N)CO)C(=O)N1CCCC1C(N)=O. The molecular weight excluding hydrogens is 280 g/mol. The second-order valence-corrected chi connectivity index (χ2v) is 5.11. The molecule has 7 N–H and O–H groups in total. The van der Waals surface area contributed by atoms with Crippen molar-refractivity contribution in [2.24, 2.45) is 11.5 Å². The molecule has 1 rings (SSSR count). The highest BCUT2D eigenvalue weighted by Gasteiger charge is 2.38. The summed E-state index contributed by atoms with van der Waals surface area (Å²) < 4.78 is 0. The summed E-state index contributed by atoms with van der Waals surface area (Å²) in [7, 11) is 0. The first kappa shape index (κ1) is 17.3. The molecule has 4 unspecified atom stereocenters. The Kier molecular flexibility index (Phi) is 6.06. The van der Waals surface area contributed by atoms with E-state index in [0.29, 0.717) is 19.4 Å². The molecule has 0 aromatic carbocycles. The second-order valence-electron chi connectivity index (χ2n) is 5.11. The van der Waals surface area contributed by atoms with Crippen molar-refractivity contribution in [2.75, 3.05) is 13.2 Å². The highest BCUT2D eigenvalue weighted by atomic mass is 16.3. The smallest absolute Gasteiger partial charge is 0.248 e. The normalized spacial score (nSPS) is 22.5. The number of nitrogens with one attached hydrogen (secondary N) is 1. The van der Waals surface area contributed by atoms with Gasteiger partial charge in [-0.05, 0) is 19.8 Å². The van der Waals surface area contributed by atoms with Crippen molar-refractivity contribution >= 4 is 17.7 Å². The summed E-state index contributed by atoms with van der Waals surface area (Å²) in [5.41, 5.74) is 10.6. The number of likely N-dealkylation sites (tertiary alicyclic amines) is 1. The number of aliphatic hydroxyl groups is 2. The van der Waals surface area contributed by atoms with Gasteiger partial charge in [-0.2, -0.15) is 0 Å². The lowest BCUT2D eigenvalue weighted by molar-refractivity contribution is -0.143. The van der Waals surface area contributed by atoms with Crippen LogP contribution in [0, 0.1) is 0 Å². The summed E-state index contributed by atoms with van der Waals surface area (Å²) in [6.45, 7) is 1.08. The molecule has 9 heteroatoms. The van der Waals surface area contributed by atoms with Gasteiger partial charge in [0.2, 0.25) is 17.7 Å². The van der Waals surface area contributed by atoms with Crippen molar-refractivity contribution in [3.8, 4) is 0 Å². The van der Waals surface area contributed by atoms with Crippen LogP contribution < -0.4 is 16.8 Å². The molecule has 1 heterocycles. The van der Waals surface area contributed by atoms with E-state index < -0.39 is 48.6 Å². The van der Waals surface area contributed by atoms with Gasteiger partial charge in [-0.25, -0.2) is 0 Å². The molecular formula is C12H22N4O5. The van der Waals surface area contributed by atoms with Gasteiger partial charge in [0.05, 0.1) is 12.7 Å². The van der Waals surface area contributed by atoms with E-state index in [1.165, 1.54) is 11.8 Å². The Morgan fingerprint density at radius 2 is 2.05 bits per heavy atom. The van der Waals surface area contributed by atoms with Crippen molar-refractivity contribution in [1.82, 2.24) is 10.2 Å². The number of hydrogen-bond donors (Lipinski definition) is 5. The van der Waals surface area contributed by atoms with Crippen LogP contribution >= 0.6 is 0 Å². The van der Waals surface area contributed by atoms with Gasteiger partial charge in [-0.3, -0.25) is 14.4 Å². The lowest BCUT2D eigenvalue weighted by atomic mass is 10.1. The zero-order chi connectivity index (χ0) is 16.2. The molecule has 0 bridgehead atoms. The van der Waals surface area contributed by atoms with E-state index in [4.69, 9.17) is 16.6 Å².